The average Bonchev–Trinajstić information content (AvgIpc) is 2.53. The van der Waals surface area contributed by atoms with E-state index in [9.17, 15) is 20.1 Å². The Balaban J connectivity index is 1.98. The van der Waals surface area contributed by atoms with Crippen molar-refractivity contribution < 1.29 is 15.3 Å². The Morgan fingerprint density at radius 2 is 1.50 bits per heavy atom. The zero-order valence-corrected chi connectivity index (χ0v) is 11.3. The second-order valence-electron chi connectivity index (χ2n) is 4.64. The van der Waals surface area contributed by atoms with Gasteiger partial charge in [0.1, 0.15) is 22.9 Å². The van der Waals surface area contributed by atoms with Crippen molar-refractivity contribution in [3.63, 3.8) is 0 Å². The van der Waals surface area contributed by atoms with Gasteiger partial charge in [-0.2, -0.15) is 0 Å². The molecule has 0 saturated carbocycles. The molecule has 3 aromatic carbocycles. The molecule has 0 unspecified atom stereocenters. The largest absolute Gasteiger partial charge is 0.506 e. The van der Waals surface area contributed by atoms with E-state index in [0.29, 0.717) is 5.69 Å². The Bertz CT molecular complexity index is 924. The van der Waals surface area contributed by atoms with E-state index in [1.807, 2.05) is 0 Å². The SMILES string of the molecule is O=c1c(Nc2ccccc2O)c(O)/c1=N/c1ccccc1O. The number of hydrogen-bond donors (Lipinski definition) is 4. The van der Waals surface area contributed by atoms with E-state index in [2.05, 4.69) is 10.3 Å². The Morgan fingerprint density at radius 3 is 2.14 bits per heavy atom. The molecule has 3 rings (SSSR count). The van der Waals surface area contributed by atoms with Gasteiger partial charge in [0, 0.05) is 0 Å². The minimum absolute atomic E-state index is 0.0401. The van der Waals surface area contributed by atoms with E-state index in [4.69, 9.17) is 0 Å². The molecular weight excluding hydrogens is 284 g/mol. The molecule has 0 fully saturated rings. The van der Waals surface area contributed by atoms with Gasteiger partial charge in [-0.25, -0.2) is 4.99 Å². The van der Waals surface area contributed by atoms with Gasteiger partial charge in [-0.15, -0.1) is 0 Å². The van der Waals surface area contributed by atoms with Crippen LogP contribution in [0.1, 0.15) is 0 Å². The first-order chi connectivity index (χ1) is 10.6. The Morgan fingerprint density at radius 1 is 0.864 bits per heavy atom. The predicted octanol–water partition coefficient (Wildman–Crippen LogP) is 2.02. The predicted molar refractivity (Wildman–Crippen MR) is 81.5 cm³/mol. The van der Waals surface area contributed by atoms with E-state index in [1.165, 1.54) is 18.2 Å². The molecule has 4 N–H and O–H groups in total. The van der Waals surface area contributed by atoms with E-state index >= 15 is 0 Å². The number of hydrogen-bond acceptors (Lipinski definition) is 6. The third-order valence-corrected chi connectivity index (χ3v) is 3.18. The Labute approximate surface area is 125 Å². The van der Waals surface area contributed by atoms with E-state index in [1.54, 1.807) is 30.3 Å². The fraction of sp³-hybridized carbons (Fsp3) is 0. The van der Waals surface area contributed by atoms with Crippen LogP contribution >= 0.6 is 0 Å². The summed E-state index contributed by atoms with van der Waals surface area (Å²) in [4.78, 5) is 16.0. The minimum Gasteiger partial charge on any atom is -0.506 e. The van der Waals surface area contributed by atoms with Gasteiger partial charge >= 0.3 is 0 Å². The quantitative estimate of drug-likeness (QED) is 0.554. The molecule has 0 aromatic heterocycles. The van der Waals surface area contributed by atoms with E-state index < -0.39 is 5.43 Å². The molecule has 0 aliphatic carbocycles. The third kappa shape index (κ3) is 2.26. The summed E-state index contributed by atoms with van der Waals surface area (Å²) in [6.45, 7) is 0. The third-order valence-electron chi connectivity index (χ3n) is 3.18. The van der Waals surface area contributed by atoms with Crippen LogP contribution in [0.2, 0.25) is 0 Å². The molecule has 3 aromatic rings. The first kappa shape index (κ1) is 13.7. The van der Waals surface area contributed by atoms with Crippen LogP contribution in [-0.2, 0) is 0 Å². The van der Waals surface area contributed by atoms with Crippen molar-refractivity contribution in [3.8, 4) is 17.2 Å². The van der Waals surface area contributed by atoms with Gasteiger partial charge in [0.15, 0.2) is 11.1 Å². The molecule has 0 atom stereocenters. The van der Waals surface area contributed by atoms with Crippen molar-refractivity contribution in [1.82, 2.24) is 0 Å². The lowest BCUT2D eigenvalue weighted by Crippen LogP contribution is -2.33. The fourth-order valence-corrected chi connectivity index (χ4v) is 2.00. The highest BCUT2D eigenvalue weighted by Gasteiger charge is 2.19. The zero-order valence-electron chi connectivity index (χ0n) is 11.3. The molecule has 0 aliphatic heterocycles. The van der Waals surface area contributed by atoms with E-state index in [0.717, 1.165) is 0 Å². The number of aromatic hydroxyl groups is 3. The lowest BCUT2D eigenvalue weighted by Gasteiger charge is -2.12. The van der Waals surface area contributed by atoms with Gasteiger partial charge in [-0.05, 0) is 24.3 Å². The van der Waals surface area contributed by atoms with Crippen LogP contribution in [0.5, 0.6) is 17.2 Å². The molecule has 6 heteroatoms. The topological polar surface area (TPSA) is 102 Å². The zero-order chi connectivity index (χ0) is 15.7. The highest BCUT2D eigenvalue weighted by Crippen LogP contribution is 2.29. The highest BCUT2D eigenvalue weighted by molar-refractivity contribution is 5.72. The van der Waals surface area contributed by atoms with Gasteiger partial charge in [0.25, 0.3) is 0 Å². The molecule has 0 heterocycles. The summed E-state index contributed by atoms with van der Waals surface area (Å²) in [7, 11) is 0. The van der Waals surface area contributed by atoms with Crippen molar-refractivity contribution in [2.45, 2.75) is 0 Å². The normalized spacial score (nSPS) is 11.7. The summed E-state index contributed by atoms with van der Waals surface area (Å²) >= 11 is 0. The minimum atomic E-state index is -0.496. The smallest absolute Gasteiger partial charge is 0.235 e. The van der Waals surface area contributed by atoms with Gasteiger partial charge < -0.3 is 20.6 Å². The van der Waals surface area contributed by atoms with Crippen LogP contribution in [-0.4, -0.2) is 15.3 Å². The average molecular weight is 296 g/mol. The number of benzene rings is 2. The number of nitrogens with one attached hydrogen (secondary N) is 1. The molecule has 0 bridgehead atoms. The molecule has 0 amide bonds. The number of para-hydroxylation sites is 4. The number of phenols is 2. The van der Waals surface area contributed by atoms with Crippen LogP contribution < -0.4 is 16.1 Å². The standard InChI is InChI=1S/C16H12N2O4/c19-11-7-3-1-5-9(11)17-13-15(21)14(16(13)22)18-10-6-2-4-8-12(10)20/h1-8,17,19-21H/b18-14-. The summed E-state index contributed by atoms with van der Waals surface area (Å²) in [6.07, 6.45) is 0. The van der Waals surface area contributed by atoms with Crippen LogP contribution in [0.3, 0.4) is 0 Å². The van der Waals surface area contributed by atoms with E-state index in [-0.39, 0.29) is 34.0 Å². The summed E-state index contributed by atoms with van der Waals surface area (Å²) in [5.41, 5.74) is -0.0438. The van der Waals surface area contributed by atoms with Crippen molar-refractivity contribution in [3.05, 3.63) is 64.1 Å². The van der Waals surface area contributed by atoms with Crippen LogP contribution in [0, 0.1) is 0 Å². The second-order valence-corrected chi connectivity index (χ2v) is 4.64. The van der Waals surface area contributed by atoms with Crippen LogP contribution in [0.4, 0.5) is 17.1 Å². The Hall–Kier alpha value is -3.28. The van der Waals surface area contributed by atoms with Crippen molar-refractivity contribution in [1.29, 1.82) is 0 Å². The highest BCUT2D eigenvalue weighted by atomic mass is 16.3. The first-order valence-corrected chi connectivity index (χ1v) is 6.48. The lowest BCUT2D eigenvalue weighted by atomic mass is 10.2. The summed E-state index contributed by atoms with van der Waals surface area (Å²) < 4.78 is 0. The summed E-state index contributed by atoms with van der Waals surface area (Å²) in [6, 6.07) is 12.6. The first-order valence-electron chi connectivity index (χ1n) is 6.48. The van der Waals surface area contributed by atoms with Crippen molar-refractivity contribution >= 4 is 17.1 Å². The van der Waals surface area contributed by atoms with Crippen LogP contribution in [0.15, 0.2) is 58.3 Å². The molecular formula is C16H12N2O4. The van der Waals surface area contributed by atoms with Crippen molar-refractivity contribution in [2.24, 2.45) is 4.99 Å². The van der Waals surface area contributed by atoms with Gasteiger partial charge in [0.2, 0.25) is 5.43 Å². The van der Waals surface area contributed by atoms with Gasteiger partial charge in [-0.1, -0.05) is 24.3 Å². The van der Waals surface area contributed by atoms with Crippen LogP contribution in [0.25, 0.3) is 0 Å². The number of anilines is 2. The number of rotatable bonds is 3. The summed E-state index contributed by atoms with van der Waals surface area (Å²) in [5, 5.41) is 31.7. The van der Waals surface area contributed by atoms with Crippen molar-refractivity contribution in [2.75, 3.05) is 5.32 Å². The lowest BCUT2D eigenvalue weighted by molar-refractivity contribution is 0.462. The molecule has 22 heavy (non-hydrogen) atoms. The Kier molecular flexibility index (Phi) is 3.27. The molecule has 0 aliphatic rings. The number of phenolic OH excluding ortho intramolecular Hbond substituents is 2. The van der Waals surface area contributed by atoms with Gasteiger partial charge in [0.05, 0.1) is 5.69 Å². The summed E-state index contributed by atoms with van der Waals surface area (Å²) in [5.74, 6) is -0.434. The molecule has 0 saturated heterocycles. The maximum absolute atomic E-state index is 12.0. The maximum atomic E-state index is 12.0. The second kappa shape index (κ2) is 5.25. The molecule has 110 valence electrons. The van der Waals surface area contributed by atoms with Gasteiger partial charge in [-0.3, -0.25) is 4.79 Å². The molecule has 0 spiro atoms. The fourth-order valence-electron chi connectivity index (χ4n) is 2.00. The molecule has 6 nitrogen and oxygen atoms in total. The monoisotopic (exact) mass is 296 g/mol. The molecule has 0 radical (unpaired) electrons. The maximum Gasteiger partial charge on any atom is 0.235 e. The number of nitrogens with zero attached hydrogens (tertiary/aromatic N) is 1.